The first-order valence-electron chi connectivity index (χ1n) is 8.56. The van der Waals surface area contributed by atoms with Gasteiger partial charge in [-0.25, -0.2) is 4.98 Å². The molecule has 0 aliphatic carbocycles. The van der Waals surface area contributed by atoms with Crippen LogP contribution in [0.3, 0.4) is 0 Å². The quantitative estimate of drug-likeness (QED) is 0.538. The molecule has 4 nitrogen and oxygen atoms in total. The molecule has 6 heteroatoms. The Morgan fingerprint density at radius 2 is 1.81 bits per heavy atom. The molecule has 0 aliphatic heterocycles. The molecule has 0 saturated carbocycles. The Bertz CT molecular complexity index is 975. The number of hydrogen-bond donors (Lipinski definition) is 1. The van der Waals surface area contributed by atoms with Crippen LogP contribution >= 0.6 is 27.3 Å². The Morgan fingerprint density at radius 3 is 2.52 bits per heavy atom. The second-order valence-corrected chi connectivity index (χ2v) is 8.34. The molecular formula is C21H21BrN2O2S. The molecule has 1 heterocycles. The summed E-state index contributed by atoms with van der Waals surface area (Å²) < 4.78 is 6.72. The maximum Gasteiger partial charge on any atom is 0.264 e. The van der Waals surface area contributed by atoms with Gasteiger partial charge in [-0.15, -0.1) is 11.3 Å². The lowest BCUT2D eigenvalue weighted by atomic mass is 10.0. The molecule has 0 unspecified atom stereocenters. The summed E-state index contributed by atoms with van der Waals surface area (Å²) in [5.74, 6) is 0.516. The number of ether oxygens (including phenoxy) is 1. The molecule has 0 saturated heterocycles. The lowest BCUT2D eigenvalue weighted by Crippen LogP contribution is -2.20. The van der Waals surface area contributed by atoms with Crippen LogP contribution in [0.25, 0.3) is 11.3 Å². The van der Waals surface area contributed by atoms with Crippen LogP contribution in [0.1, 0.15) is 22.3 Å². The minimum atomic E-state index is -0.224. The normalized spacial score (nSPS) is 10.7. The van der Waals surface area contributed by atoms with Crippen molar-refractivity contribution in [2.24, 2.45) is 0 Å². The number of halogens is 1. The second kappa shape index (κ2) is 8.23. The molecule has 0 spiro atoms. The molecule has 0 aliphatic rings. The zero-order chi connectivity index (χ0) is 19.6. The maximum atomic E-state index is 12.3. The van der Waals surface area contributed by atoms with Crippen LogP contribution in [0.15, 0.2) is 40.2 Å². The monoisotopic (exact) mass is 444 g/mol. The minimum Gasteiger partial charge on any atom is -0.483 e. The van der Waals surface area contributed by atoms with Crippen LogP contribution in [0.5, 0.6) is 5.75 Å². The predicted molar refractivity (Wildman–Crippen MR) is 115 cm³/mol. The van der Waals surface area contributed by atoms with Crippen molar-refractivity contribution < 1.29 is 9.53 Å². The van der Waals surface area contributed by atoms with Crippen LogP contribution in [0.4, 0.5) is 5.13 Å². The number of nitrogens with zero attached hydrogens (tertiary/aromatic N) is 1. The average Bonchev–Trinajstić information content (AvgIpc) is 3.04. The molecule has 1 aromatic heterocycles. The highest BCUT2D eigenvalue weighted by molar-refractivity contribution is 9.10. The van der Waals surface area contributed by atoms with Gasteiger partial charge in [-0.1, -0.05) is 33.6 Å². The number of rotatable bonds is 5. The van der Waals surface area contributed by atoms with Gasteiger partial charge in [-0.3, -0.25) is 10.1 Å². The maximum absolute atomic E-state index is 12.3. The van der Waals surface area contributed by atoms with Crippen molar-refractivity contribution in [1.82, 2.24) is 4.98 Å². The molecule has 140 valence electrons. The fourth-order valence-corrected chi connectivity index (χ4v) is 4.30. The minimum absolute atomic E-state index is 0.0539. The van der Waals surface area contributed by atoms with E-state index in [0.29, 0.717) is 5.13 Å². The van der Waals surface area contributed by atoms with Gasteiger partial charge in [-0.2, -0.15) is 0 Å². The zero-order valence-corrected chi connectivity index (χ0v) is 18.1. The third kappa shape index (κ3) is 4.76. The molecule has 0 radical (unpaired) electrons. The van der Waals surface area contributed by atoms with Crippen molar-refractivity contribution in [1.29, 1.82) is 0 Å². The number of thiazole rings is 1. The van der Waals surface area contributed by atoms with Gasteiger partial charge in [0.1, 0.15) is 5.75 Å². The highest BCUT2D eigenvalue weighted by Gasteiger charge is 2.12. The van der Waals surface area contributed by atoms with Gasteiger partial charge in [0.25, 0.3) is 5.91 Å². The molecule has 2 aromatic carbocycles. The van der Waals surface area contributed by atoms with Crippen LogP contribution < -0.4 is 10.1 Å². The summed E-state index contributed by atoms with van der Waals surface area (Å²) in [5.41, 5.74) is 6.28. The predicted octanol–water partition coefficient (Wildman–Crippen LogP) is 5.82. The molecular weight excluding hydrogens is 424 g/mol. The first-order valence-corrected chi connectivity index (χ1v) is 10.2. The first-order chi connectivity index (χ1) is 12.8. The summed E-state index contributed by atoms with van der Waals surface area (Å²) >= 11 is 4.87. The lowest BCUT2D eigenvalue weighted by Gasteiger charge is -2.12. The third-order valence-electron chi connectivity index (χ3n) is 4.19. The molecule has 0 atom stereocenters. The van der Waals surface area contributed by atoms with Crippen molar-refractivity contribution in [3.8, 4) is 17.0 Å². The van der Waals surface area contributed by atoms with Gasteiger partial charge in [-0.05, 0) is 62.6 Å². The third-order valence-corrected chi connectivity index (χ3v) is 5.41. The molecule has 1 N–H and O–H groups in total. The Kier molecular flexibility index (Phi) is 5.97. The summed E-state index contributed by atoms with van der Waals surface area (Å²) in [6.07, 6.45) is 0. The van der Waals surface area contributed by atoms with Crippen LogP contribution in [-0.2, 0) is 4.79 Å². The highest BCUT2D eigenvalue weighted by Crippen LogP contribution is 2.29. The summed E-state index contributed by atoms with van der Waals surface area (Å²) in [5, 5.41) is 5.35. The number of nitrogens with one attached hydrogen (secondary N) is 1. The second-order valence-electron chi connectivity index (χ2n) is 6.56. The Labute approximate surface area is 171 Å². The Balaban J connectivity index is 1.66. The number of aromatic nitrogens is 1. The Morgan fingerprint density at radius 1 is 1.11 bits per heavy atom. The van der Waals surface area contributed by atoms with E-state index in [0.717, 1.165) is 38.2 Å². The topological polar surface area (TPSA) is 51.2 Å². The molecule has 0 bridgehead atoms. The smallest absolute Gasteiger partial charge is 0.264 e. The van der Waals surface area contributed by atoms with Gasteiger partial charge in [0.05, 0.1) is 5.69 Å². The number of amides is 1. The van der Waals surface area contributed by atoms with Gasteiger partial charge in [0, 0.05) is 15.4 Å². The summed E-state index contributed by atoms with van der Waals surface area (Å²) in [6.45, 7) is 7.98. The van der Waals surface area contributed by atoms with Crippen molar-refractivity contribution in [2.45, 2.75) is 27.7 Å². The van der Waals surface area contributed by atoms with E-state index in [1.54, 1.807) is 0 Å². The zero-order valence-electron chi connectivity index (χ0n) is 15.7. The van der Waals surface area contributed by atoms with Gasteiger partial charge >= 0.3 is 0 Å². The molecule has 3 rings (SSSR count). The van der Waals surface area contributed by atoms with Crippen molar-refractivity contribution in [2.75, 3.05) is 11.9 Å². The number of benzene rings is 2. The fraction of sp³-hybridized carbons (Fsp3) is 0.238. The van der Waals surface area contributed by atoms with Crippen LogP contribution in [0.2, 0.25) is 0 Å². The van der Waals surface area contributed by atoms with Crippen molar-refractivity contribution in [3.63, 3.8) is 0 Å². The Hall–Kier alpha value is -2.18. The average molecular weight is 445 g/mol. The van der Waals surface area contributed by atoms with Crippen molar-refractivity contribution in [3.05, 3.63) is 62.4 Å². The summed E-state index contributed by atoms with van der Waals surface area (Å²) in [4.78, 5) is 16.8. The van der Waals surface area contributed by atoms with Crippen LogP contribution in [-0.4, -0.2) is 17.5 Å². The van der Waals surface area contributed by atoms with E-state index in [2.05, 4.69) is 58.3 Å². The lowest BCUT2D eigenvalue weighted by molar-refractivity contribution is -0.118. The van der Waals surface area contributed by atoms with E-state index < -0.39 is 0 Å². The van der Waals surface area contributed by atoms with E-state index in [9.17, 15) is 4.79 Å². The number of aryl methyl sites for hydroxylation is 4. The van der Waals surface area contributed by atoms with Crippen molar-refractivity contribution >= 4 is 38.3 Å². The highest BCUT2D eigenvalue weighted by atomic mass is 79.9. The van der Waals surface area contributed by atoms with Gasteiger partial charge in [0.15, 0.2) is 11.7 Å². The van der Waals surface area contributed by atoms with E-state index in [4.69, 9.17) is 4.74 Å². The molecule has 27 heavy (non-hydrogen) atoms. The number of hydrogen-bond acceptors (Lipinski definition) is 4. The standard InChI is InChI=1S/C21H21BrN2O2S/c1-12-5-6-13(2)17(7-12)18-11-27-21(23-18)24-19(25)10-26-20-14(3)8-16(22)9-15(20)4/h5-9,11H,10H2,1-4H3,(H,23,24,25). The number of carbonyl (C=O) groups is 1. The number of anilines is 1. The van der Waals surface area contributed by atoms with E-state index in [1.807, 2.05) is 31.4 Å². The molecule has 3 aromatic rings. The van der Waals surface area contributed by atoms with E-state index in [1.165, 1.54) is 16.9 Å². The van der Waals surface area contributed by atoms with Gasteiger partial charge in [0.2, 0.25) is 0 Å². The largest absolute Gasteiger partial charge is 0.483 e. The SMILES string of the molecule is Cc1ccc(C)c(-c2csc(NC(=O)COc3c(C)cc(Br)cc3C)n2)c1. The summed E-state index contributed by atoms with van der Waals surface area (Å²) in [6, 6.07) is 10.2. The molecule has 1 amide bonds. The van der Waals surface area contributed by atoms with E-state index >= 15 is 0 Å². The number of carbonyl (C=O) groups excluding carboxylic acids is 1. The first kappa shape index (κ1) is 19.6. The van der Waals surface area contributed by atoms with E-state index in [-0.39, 0.29) is 12.5 Å². The molecule has 0 fully saturated rings. The fourth-order valence-electron chi connectivity index (χ4n) is 2.88. The van der Waals surface area contributed by atoms with Crippen LogP contribution in [0, 0.1) is 27.7 Å². The summed E-state index contributed by atoms with van der Waals surface area (Å²) in [7, 11) is 0. The van der Waals surface area contributed by atoms with Gasteiger partial charge < -0.3 is 4.74 Å².